The Labute approximate surface area is 353 Å². The van der Waals surface area contributed by atoms with E-state index >= 15 is 0 Å². The van der Waals surface area contributed by atoms with Gasteiger partial charge in [0.25, 0.3) is 0 Å². The van der Waals surface area contributed by atoms with Crippen molar-refractivity contribution in [1.82, 2.24) is 0 Å². The minimum Gasteiger partial charge on any atom is -0.481 e. The van der Waals surface area contributed by atoms with Crippen molar-refractivity contribution >= 4 is 11.9 Å². The van der Waals surface area contributed by atoms with Gasteiger partial charge in [-0.05, 0) is 12.8 Å². The predicted molar refractivity (Wildman–Crippen MR) is 242 cm³/mol. The Kier molecular flexibility index (Phi) is 55.7. The number of aliphatic carboxylic acids is 2. The Balaban J connectivity index is -0.000000843. The Morgan fingerprint density at radius 3 is 0.526 bits per heavy atom. The molecule has 0 saturated carbocycles. The number of hydrogen-bond donors (Lipinski definition) is 6. The molecule has 0 aliphatic rings. The number of carbonyl (C=O) groups is 2. The second kappa shape index (κ2) is 52.8. The van der Waals surface area contributed by atoms with E-state index in [1.54, 1.807) is 0 Å². The third-order valence-corrected chi connectivity index (χ3v) is 11.3. The van der Waals surface area contributed by atoms with Crippen molar-refractivity contribution in [3.05, 3.63) is 0 Å². The number of hydrogen-bond acceptors (Lipinski definition) is 6. The maximum absolute atomic E-state index is 10.4. The average molecular weight is 817 g/mol. The second-order valence-corrected chi connectivity index (χ2v) is 17.1. The largest absolute Gasteiger partial charge is 0.481 e. The first-order chi connectivity index (χ1) is 27.8. The molecule has 57 heavy (non-hydrogen) atoms. The molecule has 0 unspecified atom stereocenters. The molecule has 0 radical (unpaired) electrons. The van der Waals surface area contributed by atoms with Gasteiger partial charge in [0.1, 0.15) is 0 Å². The van der Waals surface area contributed by atoms with Gasteiger partial charge < -0.3 is 30.6 Å². The first-order valence-corrected chi connectivity index (χ1v) is 24.7. The fourth-order valence-electron chi connectivity index (χ4n) is 7.01. The quantitative estimate of drug-likeness (QED) is 0.0332. The molecule has 0 saturated heterocycles. The van der Waals surface area contributed by atoms with Gasteiger partial charge in [0.15, 0.2) is 0 Å². The molecule has 0 aliphatic carbocycles. The van der Waals surface area contributed by atoms with Gasteiger partial charge in [-0.2, -0.15) is 0 Å². The molecule has 0 rings (SSSR count). The molecule has 0 heterocycles. The van der Waals surface area contributed by atoms with Crippen molar-refractivity contribution in [1.29, 1.82) is 0 Å². The van der Waals surface area contributed by atoms with Crippen molar-refractivity contribution in [2.24, 2.45) is 5.41 Å². The van der Waals surface area contributed by atoms with Crippen LogP contribution in [0, 0.1) is 5.41 Å². The lowest BCUT2D eigenvalue weighted by atomic mass is 9.93. The van der Waals surface area contributed by atoms with Gasteiger partial charge in [0, 0.05) is 12.8 Å². The molecule has 0 bridgehead atoms. The molecule has 0 amide bonds. The average Bonchev–Trinajstić information content (AvgIpc) is 3.21. The normalized spacial score (nSPS) is 11.2. The fourth-order valence-corrected chi connectivity index (χ4v) is 7.01. The molecule has 0 spiro atoms. The summed E-state index contributed by atoms with van der Waals surface area (Å²) in [5.74, 6) is -1.30. The first-order valence-electron chi connectivity index (χ1n) is 24.7. The maximum atomic E-state index is 10.4. The maximum Gasteiger partial charge on any atom is 0.303 e. The van der Waals surface area contributed by atoms with Crippen LogP contribution < -0.4 is 0 Å². The Morgan fingerprint density at radius 2 is 0.421 bits per heavy atom. The molecule has 8 nitrogen and oxygen atoms in total. The van der Waals surface area contributed by atoms with Gasteiger partial charge in [-0.15, -0.1) is 0 Å². The van der Waals surface area contributed by atoms with Crippen LogP contribution in [0.15, 0.2) is 0 Å². The summed E-state index contributed by atoms with van der Waals surface area (Å²) in [6.07, 6.45) is 52.2. The third-order valence-electron chi connectivity index (χ3n) is 11.3. The van der Waals surface area contributed by atoms with Crippen LogP contribution in [-0.4, -0.2) is 69.0 Å². The summed E-state index contributed by atoms with van der Waals surface area (Å²) in [5, 5.41) is 51.1. The molecule has 0 fully saturated rings. The molecule has 344 valence electrons. The molecular weight excluding hydrogens is 717 g/mol. The zero-order chi connectivity index (χ0) is 42.8. The van der Waals surface area contributed by atoms with E-state index in [4.69, 9.17) is 30.6 Å². The zero-order valence-electron chi connectivity index (χ0n) is 38.1. The molecule has 0 atom stereocenters. The monoisotopic (exact) mass is 817 g/mol. The SMILES string of the molecule is CCCCCCCCCCCCCCCCCCCCCC(=O)O.CCCCCCCCCCCCCCCCCCCCCC(=O)O.OCC(CO)(CO)CO. The van der Waals surface area contributed by atoms with Gasteiger partial charge >= 0.3 is 11.9 Å². The molecule has 8 heteroatoms. The minimum absolute atomic E-state index is 0.346. The van der Waals surface area contributed by atoms with Gasteiger partial charge in [0.2, 0.25) is 0 Å². The van der Waals surface area contributed by atoms with Crippen LogP contribution in [0.5, 0.6) is 0 Å². The highest BCUT2D eigenvalue weighted by atomic mass is 16.4. The second-order valence-electron chi connectivity index (χ2n) is 17.1. The Bertz CT molecular complexity index is 688. The smallest absolute Gasteiger partial charge is 0.303 e. The van der Waals surface area contributed by atoms with E-state index in [-0.39, 0.29) is 0 Å². The highest BCUT2D eigenvalue weighted by molar-refractivity contribution is 5.66. The summed E-state index contributed by atoms with van der Waals surface area (Å²) >= 11 is 0. The fraction of sp³-hybridized carbons (Fsp3) is 0.959. The number of carboxylic acid groups (broad SMARTS) is 2. The molecule has 0 aromatic carbocycles. The molecule has 0 aromatic heterocycles. The highest BCUT2D eigenvalue weighted by Crippen LogP contribution is 2.17. The first kappa shape index (κ1) is 60.1. The number of unbranched alkanes of at least 4 members (excludes halogenated alkanes) is 36. The van der Waals surface area contributed by atoms with Gasteiger partial charge in [-0.25, -0.2) is 0 Å². The lowest BCUT2D eigenvalue weighted by molar-refractivity contribution is -0.138. The van der Waals surface area contributed by atoms with E-state index in [9.17, 15) is 9.59 Å². The predicted octanol–water partition coefficient (Wildman–Crippen LogP) is 13.7. The summed E-state index contributed by atoms with van der Waals surface area (Å²) in [6, 6.07) is 0. The van der Waals surface area contributed by atoms with Crippen molar-refractivity contribution in [2.75, 3.05) is 26.4 Å². The van der Waals surface area contributed by atoms with Crippen LogP contribution in [0.2, 0.25) is 0 Å². The number of aliphatic hydroxyl groups excluding tert-OH is 4. The van der Waals surface area contributed by atoms with Crippen molar-refractivity contribution in [3.8, 4) is 0 Å². The van der Waals surface area contributed by atoms with Crippen LogP contribution >= 0.6 is 0 Å². The standard InChI is InChI=1S/2C22H44O2.C5H12O4/c2*1-2-3-4-5-6-7-8-9-10-11-12-13-14-15-16-17-18-19-20-21-22(23)24;6-1-5(2-7,3-8)4-9/h2*2-21H2,1H3,(H,23,24);6-9H,1-4H2. The molecular formula is C49H100O8. The Hall–Kier alpha value is -1.22. The molecule has 0 aromatic rings. The lowest BCUT2D eigenvalue weighted by Crippen LogP contribution is -2.37. The molecule has 0 aliphatic heterocycles. The summed E-state index contributed by atoms with van der Waals surface area (Å²) in [4.78, 5) is 20.8. The number of aliphatic hydroxyl groups is 4. The Morgan fingerprint density at radius 1 is 0.281 bits per heavy atom. The minimum atomic E-state index is -1.11. The van der Waals surface area contributed by atoms with Gasteiger partial charge in [-0.1, -0.05) is 245 Å². The lowest BCUT2D eigenvalue weighted by Gasteiger charge is -2.23. The van der Waals surface area contributed by atoms with E-state index in [0.29, 0.717) is 12.8 Å². The van der Waals surface area contributed by atoms with Crippen molar-refractivity contribution in [2.45, 2.75) is 271 Å². The van der Waals surface area contributed by atoms with E-state index in [1.807, 2.05) is 0 Å². The van der Waals surface area contributed by atoms with Crippen LogP contribution in [0.1, 0.15) is 271 Å². The number of carboxylic acids is 2. The zero-order valence-corrected chi connectivity index (χ0v) is 38.1. The molecule has 6 N–H and O–H groups in total. The van der Waals surface area contributed by atoms with Crippen LogP contribution in [-0.2, 0) is 9.59 Å². The summed E-state index contributed by atoms with van der Waals surface area (Å²) in [5.41, 5.74) is -1.11. The highest BCUT2D eigenvalue weighted by Gasteiger charge is 2.26. The van der Waals surface area contributed by atoms with Crippen molar-refractivity contribution in [3.63, 3.8) is 0 Å². The van der Waals surface area contributed by atoms with Crippen molar-refractivity contribution < 1.29 is 40.2 Å². The van der Waals surface area contributed by atoms with Crippen LogP contribution in [0.25, 0.3) is 0 Å². The van der Waals surface area contributed by atoms with E-state index in [1.165, 1.54) is 218 Å². The van der Waals surface area contributed by atoms with Crippen LogP contribution in [0.3, 0.4) is 0 Å². The summed E-state index contributed by atoms with van der Waals surface area (Å²) < 4.78 is 0. The van der Waals surface area contributed by atoms with E-state index in [0.717, 1.165) is 25.7 Å². The third kappa shape index (κ3) is 54.8. The van der Waals surface area contributed by atoms with E-state index < -0.39 is 43.8 Å². The topological polar surface area (TPSA) is 156 Å². The summed E-state index contributed by atoms with van der Waals surface area (Å²) in [7, 11) is 0. The van der Waals surface area contributed by atoms with E-state index in [2.05, 4.69) is 13.8 Å². The van der Waals surface area contributed by atoms with Gasteiger partial charge in [-0.3, -0.25) is 9.59 Å². The van der Waals surface area contributed by atoms with Crippen LogP contribution in [0.4, 0.5) is 0 Å². The number of rotatable bonds is 44. The van der Waals surface area contributed by atoms with Gasteiger partial charge in [0.05, 0.1) is 31.8 Å². The summed E-state index contributed by atoms with van der Waals surface area (Å²) in [6.45, 7) is 2.94.